The zero-order chi connectivity index (χ0) is 13.1. The van der Waals surface area contributed by atoms with Gasteiger partial charge in [0.2, 0.25) is 0 Å². The van der Waals surface area contributed by atoms with E-state index in [4.69, 9.17) is 16.3 Å². The number of carbonyl (C=O) groups is 1. The Morgan fingerprint density at radius 1 is 1.47 bits per heavy atom. The van der Waals surface area contributed by atoms with Gasteiger partial charge >= 0.3 is 6.18 Å². The SMILES string of the molecule is C=C(Cl)COc1ccc(C=O)cc1C(F)(F)F. The highest BCUT2D eigenvalue weighted by Gasteiger charge is 2.34. The van der Waals surface area contributed by atoms with E-state index in [0.717, 1.165) is 12.1 Å². The van der Waals surface area contributed by atoms with Gasteiger partial charge in [-0.2, -0.15) is 13.2 Å². The van der Waals surface area contributed by atoms with Gasteiger partial charge in [0.1, 0.15) is 18.6 Å². The summed E-state index contributed by atoms with van der Waals surface area (Å²) >= 11 is 5.40. The first-order valence-electron chi connectivity index (χ1n) is 4.47. The summed E-state index contributed by atoms with van der Waals surface area (Å²) < 4.78 is 42.8. The Kier molecular flexibility index (Phi) is 4.17. The second-order valence-electron chi connectivity index (χ2n) is 3.18. The molecule has 0 aromatic heterocycles. The van der Waals surface area contributed by atoms with Gasteiger partial charge in [-0.1, -0.05) is 18.2 Å². The quantitative estimate of drug-likeness (QED) is 0.776. The van der Waals surface area contributed by atoms with E-state index in [0.29, 0.717) is 6.29 Å². The fourth-order valence-corrected chi connectivity index (χ4v) is 1.18. The van der Waals surface area contributed by atoms with Gasteiger partial charge in [-0.15, -0.1) is 0 Å². The Hall–Kier alpha value is -1.49. The predicted octanol–water partition coefficient (Wildman–Crippen LogP) is 3.65. The lowest BCUT2D eigenvalue weighted by Crippen LogP contribution is -2.10. The predicted molar refractivity (Wildman–Crippen MR) is 57.3 cm³/mol. The fourth-order valence-electron chi connectivity index (χ4n) is 1.12. The van der Waals surface area contributed by atoms with Crippen LogP contribution >= 0.6 is 11.6 Å². The minimum absolute atomic E-state index is 0.0747. The number of alkyl halides is 3. The molecule has 1 aromatic rings. The first-order chi connectivity index (χ1) is 7.84. The molecule has 0 aliphatic rings. The standard InChI is InChI=1S/C11H8ClF3O2/c1-7(12)6-17-10-3-2-8(5-16)4-9(10)11(13,14)15/h2-5H,1,6H2. The lowest BCUT2D eigenvalue weighted by atomic mass is 10.1. The Labute approximate surface area is 101 Å². The van der Waals surface area contributed by atoms with Gasteiger partial charge in [-0.3, -0.25) is 4.79 Å². The normalized spacial score (nSPS) is 11.1. The molecule has 0 amide bonds. The number of hydrogen-bond acceptors (Lipinski definition) is 2. The average Bonchev–Trinajstić information content (AvgIpc) is 2.24. The molecule has 0 heterocycles. The molecular formula is C11H8ClF3O2. The van der Waals surface area contributed by atoms with Crippen molar-refractivity contribution in [1.82, 2.24) is 0 Å². The summed E-state index contributed by atoms with van der Waals surface area (Å²) in [5.41, 5.74) is -1.09. The molecule has 0 saturated carbocycles. The Balaban J connectivity index is 3.11. The zero-order valence-corrected chi connectivity index (χ0v) is 9.31. The molecule has 0 bridgehead atoms. The third-order valence-electron chi connectivity index (χ3n) is 1.83. The van der Waals surface area contributed by atoms with Crippen molar-refractivity contribution >= 4 is 17.9 Å². The van der Waals surface area contributed by atoms with E-state index in [1.54, 1.807) is 0 Å². The number of ether oxygens (including phenoxy) is 1. The summed E-state index contributed by atoms with van der Waals surface area (Å²) in [4.78, 5) is 10.4. The molecule has 0 aliphatic heterocycles. The van der Waals surface area contributed by atoms with Gasteiger partial charge in [0.15, 0.2) is 0 Å². The van der Waals surface area contributed by atoms with Gasteiger partial charge in [-0.05, 0) is 18.2 Å². The van der Waals surface area contributed by atoms with Gasteiger partial charge in [-0.25, -0.2) is 0 Å². The Morgan fingerprint density at radius 3 is 2.59 bits per heavy atom. The minimum atomic E-state index is -4.60. The van der Waals surface area contributed by atoms with Crippen molar-refractivity contribution in [2.45, 2.75) is 6.18 Å². The summed E-state index contributed by atoms with van der Waals surface area (Å²) in [6.07, 6.45) is -4.26. The van der Waals surface area contributed by atoms with Crippen LogP contribution in [0.5, 0.6) is 5.75 Å². The molecule has 0 aliphatic carbocycles. The van der Waals surface area contributed by atoms with E-state index in [2.05, 4.69) is 6.58 Å². The molecule has 0 N–H and O–H groups in total. The van der Waals surface area contributed by atoms with Gasteiger partial charge in [0.25, 0.3) is 0 Å². The van der Waals surface area contributed by atoms with E-state index in [1.807, 2.05) is 0 Å². The monoisotopic (exact) mass is 264 g/mol. The van der Waals surface area contributed by atoms with E-state index in [-0.39, 0.29) is 23.0 Å². The van der Waals surface area contributed by atoms with Crippen LogP contribution in [0.1, 0.15) is 15.9 Å². The number of halogens is 4. The number of rotatable bonds is 4. The molecule has 1 aromatic carbocycles. The number of benzene rings is 1. The number of carbonyl (C=O) groups excluding carboxylic acids is 1. The van der Waals surface area contributed by atoms with Crippen LogP contribution in [0.3, 0.4) is 0 Å². The maximum atomic E-state index is 12.6. The van der Waals surface area contributed by atoms with Gasteiger partial charge in [0, 0.05) is 10.6 Å². The van der Waals surface area contributed by atoms with Crippen LogP contribution in [0.2, 0.25) is 0 Å². The lowest BCUT2D eigenvalue weighted by molar-refractivity contribution is -0.138. The zero-order valence-electron chi connectivity index (χ0n) is 8.55. The third-order valence-corrected chi connectivity index (χ3v) is 1.94. The van der Waals surface area contributed by atoms with Crippen LogP contribution in [0, 0.1) is 0 Å². The maximum Gasteiger partial charge on any atom is 0.419 e. The molecule has 2 nitrogen and oxygen atoms in total. The number of hydrogen-bond donors (Lipinski definition) is 0. The van der Waals surface area contributed by atoms with Crippen molar-refractivity contribution in [2.24, 2.45) is 0 Å². The molecule has 0 unspecified atom stereocenters. The smallest absolute Gasteiger partial charge is 0.419 e. The molecule has 1 rings (SSSR count). The highest BCUT2D eigenvalue weighted by molar-refractivity contribution is 6.29. The molecule has 0 saturated heterocycles. The van der Waals surface area contributed by atoms with Crippen molar-refractivity contribution in [3.05, 3.63) is 40.9 Å². The average molecular weight is 265 g/mol. The highest BCUT2D eigenvalue weighted by atomic mass is 35.5. The van der Waals surface area contributed by atoms with E-state index >= 15 is 0 Å². The Morgan fingerprint density at radius 2 is 2.12 bits per heavy atom. The summed E-state index contributed by atoms with van der Waals surface area (Å²) in [6, 6.07) is 3.03. The minimum Gasteiger partial charge on any atom is -0.487 e. The first kappa shape index (κ1) is 13.6. The molecule has 0 radical (unpaired) electrons. The van der Waals surface area contributed by atoms with Gasteiger partial charge in [0.05, 0.1) is 5.56 Å². The maximum absolute atomic E-state index is 12.6. The summed E-state index contributed by atoms with van der Waals surface area (Å²) in [6.45, 7) is 3.07. The first-order valence-corrected chi connectivity index (χ1v) is 4.85. The summed E-state index contributed by atoms with van der Waals surface area (Å²) in [5, 5.41) is 0.0811. The molecule has 17 heavy (non-hydrogen) atoms. The topological polar surface area (TPSA) is 26.3 Å². The lowest BCUT2D eigenvalue weighted by Gasteiger charge is -2.13. The second kappa shape index (κ2) is 5.23. The molecule has 92 valence electrons. The van der Waals surface area contributed by atoms with E-state index in [9.17, 15) is 18.0 Å². The fraction of sp³-hybridized carbons (Fsp3) is 0.182. The Bertz CT molecular complexity index is 441. The van der Waals surface area contributed by atoms with Gasteiger partial charge < -0.3 is 4.74 Å². The molecule has 0 fully saturated rings. The number of aldehydes is 1. The van der Waals surface area contributed by atoms with Crippen molar-refractivity contribution in [3.63, 3.8) is 0 Å². The molecule has 0 spiro atoms. The summed E-state index contributed by atoms with van der Waals surface area (Å²) in [5.74, 6) is -0.384. The highest BCUT2D eigenvalue weighted by Crippen LogP contribution is 2.36. The van der Waals surface area contributed by atoms with Crippen molar-refractivity contribution in [2.75, 3.05) is 6.61 Å². The largest absolute Gasteiger partial charge is 0.487 e. The second-order valence-corrected chi connectivity index (χ2v) is 3.71. The van der Waals surface area contributed by atoms with Crippen molar-refractivity contribution < 1.29 is 22.7 Å². The molecule has 0 atom stereocenters. The van der Waals surface area contributed by atoms with Crippen LogP contribution in [0.15, 0.2) is 29.8 Å². The molecular weight excluding hydrogens is 257 g/mol. The van der Waals surface area contributed by atoms with Crippen LogP contribution in [0.25, 0.3) is 0 Å². The van der Waals surface area contributed by atoms with Crippen LogP contribution in [-0.4, -0.2) is 12.9 Å². The van der Waals surface area contributed by atoms with Crippen molar-refractivity contribution in [1.29, 1.82) is 0 Å². The third kappa shape index (κ3) is 3.78. The van der Waals surface area contributed by atoms with E-state index < -0.39 is 11.7 Å². The van der Waals surface area contributed by atoms with E-state index in [1.165, 1.54) is 6.07 Å². The van der Waals surface area contributed by atoms with Crippen LogP contribution in [0.4, 0.5) is 13.2 Å². The van der Waals surface area contributed by atoms with Crippen molar-refractivity contribution in [3.8, 4) is 5.75 Å². The summed E-state index contributed by atoms with van der Waals surface area (Å²) in [7, 11) is 0. The van der Waals surface area contributed by atoms with Crippen LogP contribution < -0.4 is 4.74 Å². The van der Waals surface area contributed by atoms with Crippen LogP contribution in [-0.2, 0) is 6.18 Å². The molecule has 6 heteroatoms.